The first-order valence-corrected chi connectivity index (χ1v) is 14.5. The molecule has 0 aliphatic rings. The molecule has 0 aromatic carbocycles. The van der Waals surface area contributed by atoms with Gasteiger partial charge in [0.2, 0.25) is 11.8 Å². The zero-order chi connectivity index (χ0) is 30.5. The summed E-state index contributed by atoms with van der Waals surface area (Å²) < 4.78 is 0. The van der Waals surface area contributed by atoms with Gasteiger partial charge >= 0.3 is 0 Å². The number of carbonyl (C=O) groups excluding carboxylic acids is 2. The zero-order valence-electron chi connectivity index (χ0n) is 24.6. The highest BCUT2D eigenvalue weighted by atomic mass is 16.3. The lowest BCUT2D eigenvalue weighted by atomic mass is 10.1. The summed E-state index contributed by atoms with van der Waals surface area (Å²) in [6.45, 7) is 9.48. The van der Waals surface area contributed by atoms with Crippen LogP contribution in [0.4, 0.5) is 0 Å². The number of nitrogens with zero attached hydrogens (tertiary/aromatic N) is 1. The number of aliphatic hydroxyl groups excluding tert-OH is 1. The van der Waals surface area contributed by atoms with Crippen LogP contribution < -0.4 is 27.7 Å². The minimum atomic E-state index is -0.540. The number of aromatic amines is 1. The second-order valence-corrected chi connectivity index (χ2v) is 10.1. The molecule has 11 nitrogen and oxygen atoms in total. The van der Waals surface area contributed by atoms with E-state index in [-0.39, 0.29) is 23.3 Å². The fourth-order valence-electron chi connectivity index (χ4n) is 4.05. The van der Waals surface area contributed by atoms with Crippen molar-refractivity contribution in [3.8, 4) is 5.75 Å². The number of nitrogens with two attached hydrogens (primary N) is 2. The van der Waals surface area contributed by atoms with Gasteiger partial charge in [0.15, 0.2) is 5.75 Å². The monoisotopic (exact) mass is 574 g/mol. The normalized spacial score (nSPS) is 12.1. The van der Waals surface area contributed by atoms with Crippen LogP contribution in [-0.4, -0.2) is 71.2 Å². The molecule has 1 rings (SSSR count). The van der Waals surface area contributed by atoms with E-state index in [1.54, 1.807) is 13.0 Å². The number of hydrogen-bond donors (Lipinski definition) is 7. The molecule has 0 aliphatic heterocycles. The van der Waals surface area contributed by atoms with Crippen LogP contribution in [0.1, 0.15) is 70.3 Å². The van der Waals surface area contributed by atoms with E-state index in [9.17, 15) is 24.6 Å². The number of hydrogen-bond acceptors (Lipinski definition) is 8. The lowest BCUT2D eigenvalue weighted by Crippen LogP contribution is -2.34. The van der Waals surface area contributed by atoms with Gasteiger partial charge in [-0.2, -0.15) is 0 Å². The van der Waals surface area contributed by atoms with Gasteiger partial charge in [0, 0.05) is 44.4 Å². The third-order valence-electron chi connectivity index (χ3n) is 6.57. The van der Waals surface area contributed by atoms with E-state index in [1.165, 1.54) is 18.3 Å². The number of carbonyl (C=O) groups is 2. The Labute approximate surface area is 243 Å². The van der Waals surface area contributed by atoms with Crippen LogP contribution in [0.2, 0.25) is 0 Å². The molecule has 0 saturated carbocycles. The molecule has 1 aromatic rings. The molecular weight excluding hydrogens is 524 g/mol. The fourth-order valence-corrected chi connectivity index (χ4v) is 4.05. The smallest absolute Gasteiger partial charge is 0.290 e. The van der Waals surface area contributed by atoms with Gasteiger partial charge in [-0.3, -0.25) is 14.4 Å². The predicted molar refractivity (Wildman–Crippen MR) is 163 cm³/mol. The molecule has 0 spiro atoms. The first-order chi connectivity index (χ1) is 19.7. The highest BCUT2D eigenvalue weighted by Crippen LogP contribution is 2.11. The second kappa shape index (κ2) is 21.2. The number of amides is 2. The summed E-state index contributed by atoms with van der Waals surface area (Å²) in [6.07, 6.45) is 11.9. The number of pyridine rings is 1. The van der Waals surface area contributed by atoms with E-state index in [0.29, 0.717) is 63.1 Å². The maximum atomic E-state index is 12.7. The summed E-state index contributed by atoms with van der Waals surface area (Å²) >= 11 is 0. The summed E-state index contributed by atoms with van der Waals surface area (Å²) in [6, 6.07) is 1.40. The molecule has 0 fully saturated rings. The number of aryl methyl sites for hydroxylation is 1. The van der Waals surface area contributed by atoms with Crippen LogP contribution in [0.25, 0.3) is 0 Å². The standard InChI is InChI=1S/C30H50N6O5/c1-3-24(20-26(37)23(2)32)10-12-28(39)34-17-9-16-33-15-6-4-5-7-18-36(19-8-14-31)29(40)13-11-25-21-27(38)30(41)35-22-25/h3,20-22,33,37-38H,1,4-19,31-32H2,2H3,(H,34,39)(H,35,41)/b24-20+,26-23-. The molecule has 230 valence electrons. The van der Waals surface area contributed by atoms with Crippen LogP contribution in [0.15, 0.2) is 52.8 Å². The van der Waals surface area contributed by atoms with Gasteiger partial charge < -0.3 is 42.2 Å². The molecule has 1 heterocycles. The molecule has 0 unspecified atom stereocenters. The summed E-state index contributed by atoms with van der Waals surface area (Å²) in [7, 11) is 0. The van der Waals surface area contributed by atoms with Crippen molar-refractivity contribution in [1.29, 1.82) is 0 Å². The molecule has 9 N–H and O–H groups in total. The molecule has 0 bridgehead atoms. The largest absolute Gasteiger partial charge is 0.506 e. The van der Waals surface area contributed by atoms with Crippen molar-refractivity contribution in [3.05, 3.63) is 63.9 Å². The third kappa shape index (κ3) is 16.3. The SMILES string of the molecule is C=C/C(=C\C(O)=C(/C)N)CCC(=O)NCCCNCCCCCCN(CCCN)C(=O)CCc1c[nH]c(=O)c(O)c1. The Morgan fingerprint density at radius 3 is 2.44 bits per heavy atom. The third-order valence-corrected chi connectivity index (χ3v) is 6.57. The van der Waals surface area contributed by atoms with Crippen LogP contribution >= 0.6 is 0 Å². The molecule has 0 radical (unpaired) electrons. The predicted octanol–water partition coefficient (Wildman–Crippen LogP) is 2.49. The Hall–Kier alpha value is -3.57. The number of aliphatic hydroxyl groups is 1. The first-order valence-electron chi connectivity index (χ1n) is 14.5. The van der Waals surface area contributed by atoms with E-state index in [1.807, 2.05) is 4.90 Å². The average molecular weight is 575 g/mol. The second-order valence-electron chi connectivity index (χ2n) is 10.1. The quantitative estimate of drug-likeness (QED) is 0.0625. The lowest BCUT2D eigenvalue weighted by molar-refractivity contribution is -0.131. The number of unbranched alkanes of at least 4 members (excludes halogenated alkanes) is 3. The Kier molecular flexibility index (Phi) is 18.3. The van der Waals surface area contributed by atoms with Gasteiger partial charge in [0.1, 0.15) is 5.76 Å². The lowest BCUT2D eigenvalue weighted by Gasteiger charge is -2.22. The Morgan fingerprint density at radius 2 is 1.76 bits per heavy atom. The Bertz CT molecular complexity index is 1060. The summed E-state index contributed by atoms with van der Waals surface area (Å²) in [5.74, 6) is -0.341. The molecule has 0 saturated heterocycles. The van der Waals surface area contributed by atoms with Gasteiger partial charge in [-0.15, -0.1) is 0 Å². The van der Waals surface area contributed by atoms with Crippen molar-refractivity contribution in [2.75, 3.05) is 39.3 Å². The Balaban J connectivity index is 2.15. The van der Waals surface area contributed by atoms with Crippen molar-refractivity contribution in [1.82, 2.24) is 20.5 Å². The molecule has 0 atom stereocenters. The van der Waals surface area contributed by atoms with Crippen molar-refractivity contribution in [2.24, 2.45) is 11.5 Å². The molecule has 2 amide bonds. The van der Waals surface area contributed by atoms with E-state index in [0.717, 1.165) is 57.2 Å². The van der Waals surface area contributed by atoms with E-state index >= 15 is 0 Å². The topological polar surface area (TPSA) is 187 Å². The molecule has 0 aliphatic carbocycles. The highest BCUT2D eigenvalue weighted by molar-refractivity contribution is 5.76. The van der Waals surface area contributed by atoms with Crippen molar-refractivity contribution < 1.29 is 19.8 Å². The maximum Gasteiger partial charge on any atom is 0.290 e. The number of allylic oxidation sites excluding steroid dienone is 4. The molecule has 1 aromatic heterocycles. The summed E-state index contributed by atoms with van der Waals surface area (Å²) in [4.78, 5) is 40.4. The molecule has 11 heteroatoms. The van der Waals surface area contributed by atoms with E-state index < -0.39 is 5.56 Å². The van der Waals surface area contributed by atoms with Crippen molar-refractivity contribution in [3.63, 3.8) is 0 Å². The van der Waals surface area contributed by atoms with Gasteiger partial charge in [-0.25, -0.2) is 0 Å². The minimum absolute atomic E-state index is 0.00949. The van der Waals surface area contributed by atoms with Gasteiger partial charge in [0.05, 0.1) is 0 Å². The number of H-pyrrole nitrogens is 1. The average Bonchev–Trinajstić information content (AvgIpc) is 2.95. The van der Waals surface area contributed by atoms with Crippen LogP contribution in [0.5, 0.6) is 5.75 Å². The Morgan fingerprint density at radius 1 is 1.05 bits per heavy atom. The highest BCUT2D eigenvalue weighted by Gasteiger charge is 2.13. The van der Waals surface area contributed by atoms with Crippen LogP contribution in [0.3, 0.4) is 0 Å². The first kappa shape index (κ1) is 35.5. The summed E-state index contributed by atoms with van der Waals surface area (Å²) in [5, 5.41) is 25.6. The van der Waals surface area contributed by atoms with Crippen LogP contribution in [-0.2, 0) is 16.0 Å². The molecular formula is C30H50N6O5. The van der Waals surface area contributed by atoms with Gasteiger partial charge in [-0.1, -0.05) is 25.5 Å². The number of aromatic nitrogens is 1. The van der Waals surface area contributed by atoms with E-state index in [2.05, 4.69) is 22.2 Å². The fraction of sp³-hybridized carbons (Fsp3) is 0.567. The number of aromatic hydroxyl groups is 1. The minimum Gasteiger partial charge on any atom is -0.506 e. The molecule has 41 heavy (non-hydrogen) atoms. The van der Waals surface area contributed by atoms with Crippen molar-refractivity contribution >= 4 is 11.8 Å². The number of nitrogens with one attached hydrogen (secondary N) is 3. The van der Waals surface area contributed by atoms with Gasteiger partial charge in [0.25, 0.3) is 5.56 Å². The maximum absolute atomic E-state index is 12.7. The number of rotatable bonds is 22. The van der Waals surface area contributed by atoms with Gasteiger partial charge in [-0.05, 0) is 88.4 Å². The zero-order valence-corrected chi connectivity index (χ0v) is 24.6. The van der Waals surface area contributed by atoms with Crippen molar-refractivity contribution in [2.45, 2.75) is 71.1 Å². The van der Waals surface area contributed by atoms with E-state index in [4.69, 9.17) is 11.5 Å². The summed E-state index contributed by atoms with van der Waals surface area (Å²) in [5.41, 5.74) is 12.4. The van der Waals surface area contributed by atoms with Crippen LogP contribution in [0, 0.1) is 0 Å².